The maximum absolute atomic E-state index is 11.6. The molecule has 0 fully saturated rings. The summed E-state index contributed by atoms with van der Waals surface area (Å²) in [5, 5.41) is 4.03. The van der Waals surface area contributed by atoms with Crippen LogP contribution >= 0.6 is 0 Å². The topological polar surface area (TPSA) is 73.9 Å². The van der Waals surface area contributed by atoms with Crippen LogP contribution in [0.4, 0.5) is 5.69 Å². The summed E-state index contributed by atoms with van der Waals surface area (Å²) in [6.07, 6.45) is 0.609. The molecule has 0 saturated heterocycles. The predicted octanol–water partition coefficient (Wildman–Crippen LogP) is 2.35. The number of ether oxygens (including phenoxy) is 1. The summed E-state index contributed by atoms with van der Waals surface area (Å²) in [6.45, 7) is 4.45. The van der Waals surface area contributed by atoms with Gasteiger partial charge in [0.15, 0.2) is 0 Å². The molecular formula is C15H20N2O3. The fourth-order valence-corrected chi connectivity index (χ4v) is 1.89. The molecule has 1 aromatic rings. The van der Waals surface area contributed by atoms with Crippen molar-refractivity contribution in [2.45, 2.75) is 32.8 Å². The first-order valence-electron chi connectivity index (χ1n) is 6.79. The van der Waals surface area contributed by atoms with Gasteiger partial charge in [0.25, 0.3) is 0 Å². The molecule has 1 atom stereocenters. The molecule has 0 spiro atoms. The van der Waals surface area contributed by atoms with Crippen LogP contribution < -0.4 is 5.73 Å². The Balaban J connectivity index is 1.82. The Labute approximate surface area is 118 Å². The molecule has 1 aliphatic heterocycles. The van der Waals surface area contributed by atoms with E-state index in [-0.39, 0.29) is 18.5 Å². The number of oxime groups is 1. The lowest BCUT2D eigenvalue weighted by Crippen LogP contribution is -2.18. The van der Waals surface area contributed by atoms with Crippen LogP contribution in [0.5, 0.6) is 0 Å². The van der Waals surface area contributed by atoms with Crippen molar-refractivity contribution in [2.24, 2.45) is 11.1 Å². The van der Waals surface area contributed by atoms with Crippen LogP contribution in [0.1, 0.15) is 32.3 Å². The van der Waals surface area contributed by atoms with E-state index in [4.69, 9.17) is 15.3 Å². The Bertz CT molecular complexity index is 494. The lowest BCUT2D eigenvalue weighted by molar-refractivity contribution is -0.147. The van der Waals surface area contributed by atoms with E-state index in [1.807, 2.05) is 38.1 Å². The van der Waals surface area contributed by atoms with Crippen LogP contribution in [0.15, 0.2) is 29.4 Å². The molecule has 0 aliphatic carbocycles. The van der Waals surface area contributed by atoms with Crippen LogP contribution in [-0.4, -0.2) is 24.4 Å². The smallest absolute Gasteiger partial charge is 0.309 e. The molecule has 0 bridgehead atoms. The van der Waals surface area contributed by atoms with Gasteiger partial charge in [-0.05, 0) is 23.6 Å². The van der Waals surface area contributed by atoms with E-state index in [0.29, 0.717) is 24.6 Å². The molecule has 5 nitrogen and oxygen atoms in total. The molecule has 2 rings (SSSR count). The molecule has 1 unspecified atom stereocenters. The highest BCUT2D eigenvalue weighted by Crippen LogP contribution is 2.20. The van der Waals surface area contributed by atoms with Crippen molar-refractivity contribution in [3.8, 4) is 0 Å². The summed E-state index contributed by atoms with van der Waals surface area (Å²) in [5.41, 5.74) is 8.16. The summed E-state index contributed by atoms with van der Waals surface area (Å²) in [7, 11) is 0. The highest BCUT2D eigenvalue weighted by molar-refractivity contribution is 6.01. The van der Waals surface area contributed by atoms with Crippen molar-refractivity contribution in [3.05, 3.63) is 29.8 Å². The summed E-state index contributed by atoms with van der Waals surface area (Å²) in [6, 6.07) is 7.44. The van der Waals surface area contributed by atoms with Gasteiger partial charge in [-0.2, -0.15) is 0 Å². The number of rotatable bonds is 5. The number of esters is 1. The minimum Gasteiger partial charge on any atom is -0.465 e. The van der Waals surface area contributed by atoms with E-state index in [0.717, 1.165) is 11.3 Å². The van der Waals surface area contributed by atoms with E-state index in [2.05, 4.69) is 5.16 Å². The fourth-order valence-electron chi connectivity index (χ4n) is 1.89. The van der Waals surface area contributed by atoms with Crippen molar-refractivity contribution in [1.29, 1.82) is 0 Å². The number of nitrogens with two attached hydrogens (primary N) is 1. The number of hydrogen-bond acceptors (Lipinski definition) is 5. The third kappa shape index (κ3) is 3.98. The molecule has 0 aromatic heterocycles. The number of carbonyl (C=O) groups is 1. The van der Waals surface area contributed by atoms with E-state index in [9.17, 15) is 4.79 Å². The van der Waals surface area contributed by atoms with Gasteiger partial charge in [-0.3, -0.25) is 4.79 Å². The Morgan fingerprint density at radius 3 is 2.80 bits per heavy atom. The number of benzene rings is 1. The first-order chi connectivity index (χ1) is 9.54. The van der Waals surface area contributed by atoms with Gasteiger partial charge in [0.2, 0.25) is 0 Å². The third-order valence-corrected chi connectivity index (χ3v) is 2.95. The number of nitrogens with zero attached hydrogens (tertiary/aromatic N) is 1. The number of anilines is 1. The number of nitrogen functional groups attached to an aromatic ring is 1. The molecule has 0 radical (unpaired) electrons. The van der Waals surface area contributed by atoms with Gasteiger partial charge in [0.05, 0.1) is 18.7 Å². The Hall–Kier alpha value is -2.04. The van der Waals surface area contributed by atoms with E-state index >= 15 is 0 Å². The second kappa shape index (κ2) is 6.41. The monoisotopic (exact) mass is 276 g/mol. The molecule has 0 amide bonds. The molecular weight excluding hydrogens is 256 g/mol. The molecule has 108 valence electrons. The minimum atomic E-state index is -0.238. The van der Waals surface area contributed by atoms with E-state index in [1.165, 1.54) is 0 Å². The Kier molecular flexibility index (Phi) is 4.61. The zero-order valence-corrected chi connectivity index (χ0v) is 11.8. The van der Waals surface area contributed by atoms with Crippen molar-refractivity contribution in [2.75, 3.05) is 12.3 Å². The normalized spacial score (nSPS) is 17.8. The second-order valence-electron chi connectivity index (χ2n) is 5.37. The summed E-state index contributed by atoms with van der Waals surface area (Å²) in [5.74, 6) is 0.0995. The van der Waals surface area contributed by atoms with E-state index < -0.39 is 0 Å². The standard InChI is InChI=1S/C15H20N2O3/c1-10(2)9-19-15(18)8-13-7-14(17-20-13)11-3-5-12(16)6-4-11/h3-6,10,13H,7-9,16H2,1-2H3. The van der Waals surface area contributed by atoms with Crippen LogP contribution in [0.2, 0.25) is 0 Å². The van der Waals surface area contributed by atoms with Gasteiger partial charge in [0.1, 0.15) is 6.10 Å². The van der Waals surface area contributed by atoms with Crippen molar-refractivity contribution >= 4 is 17.4 Å². The molecule has 2 N–H and O–H groups in total. The summed E-state index contributed by atoms with van der Waals surface area (Å²) < 4.78 is 5.14. The van der Waals surface area contributed by atoms with Crippen LogP contribution in [0.3, 0.4) is 0 Å². The SMILES string of the molecule is CC(C)COC(=O)CC1CC(c2ccc(N)cc2)=NO1. The maximum Gasteiger partial charge on any atom is 0.309 e. The second-order valence-corrected chi connectivity index (χ2v) is 5.37. The van der Waals surface area contributed by atoms with Crippen LogP contribution in [0.25, 0.3) is 0 Å². The lowest BCUT2D eigenvalue weighted by Gasteiger charge is -2.09. The highest BCUT2D eigenvalue weighted by atomic mass is 16.6. The van der Waals surface area contributed by atoms with Gasteiger partial charge in [-0.15, -0.1) is 0 Å². The van der Waals surface area contributed by atoms with Gasteiger partial charge in [-0.1, -0.05) is 31.1 Å². The van der Waals surface area contributed by atoms with E-state index in [1.54, 1.807) is 0 Å². The predicted molar refractivity (Wildman–Crippen MR) is 77.3 cm³/mol. The van der Waals surface area contributed by atoms with Crippen molar-refractivity contribution < 1.29 is 14.4 Å². The minimum absolute atomic E-state index is 0.231. The molecule has 1 aromatic carbocycles. The Morgan fingerprint density at radius 2 is 2.15 bits per heavy atom. The molecule has 5 heteroatoms. The summed E-state index contributed by atoms with van der Waals surface area (Å²) in [4.78, 5) is 16.9. The van der Waals surface area contributed by atoms with Gasteiger partial charge in [-0.25, -0.2) is 0 Å². The quantitative estimate of drug-likeness (QED) is 0.661. The van der Waals surface area contributed by atoms with Gasteiger partial charge < -0.3 is 15.3 Å². The summed E-state index contributed by atoms with van der Waals surface area (Å²) >= 11 is 0. The largest absolute Gasteiger partial charge is 0.465 e. The van der Waals surface area contributed by atoms with Crippen molar-refractivity contribution in [1.82, 2.24) is 0 Å². The third-order valence-electron chi connectivity index (χ3n) is 2.95. The molecule has 1 heterocycles. The maximum atomic E-state index is 11.6. The molecule has 1 aliphatic rings. The number of carbonyl (C=O) groups excluding carboxylic acids is 1. The van der Waals surface area contributed by atoms with Crippen LogP contribution in [0, 0.1) is 5.92 Å². The zero-order valence-electron chi connectivity index (χ0n) is 11.8. The average molecular weight is 276 g/mol. The van der Waals surface area contributed by atoms with Crippen LogP contribution in [-0.2, 0) is 14.4 Å². The zero-order chi connectivity index (χ0) is 14.5. The molecule has 20 heavy (non-hydrogen) atoms. The Morgan fingerprint density at radius 1 is 1.45 bits per heavy atom. The first kappa shape index (κ1) is 14.4. The van der Waals surface area contributed by atoms with Gasteiger partial charge in [0, 0.05) is 12.1 Å². The highest BCUT2D eigenvalue weighted by Gasteiger charge is 2.25. The first-order valence-corrected chi connectivity index (χ1v) is 6.79. The van der Waals surface area contributed by atoms with Crippen molar-refractivity contribution in [3.63, 3.8) is 0 Å². The fraction of sp³-hybridized carbons (Fsp3) is 0.467. The molecule has 0 saturated carbocycles. The number of hydrogen-bond donors (Lipinski definition) is 1. The average Bonchev–Trinajstić information content (AvgIpc) is 2.85. The lowest BCUT2D eigenvalue weighted by atomic mass is 10.0. The van der Waals surface area contributed by atoms with Gasteiger partial charge >= 0.3 is 5.97 Å².